The summed E-state index contributed by atoms with van der Waals surface area (Å²) in [5.74, 6) is -2.85. The zero-order valence-corrected chi connectivity index (χ0v) is 13.5. The molecule has 6 nitrogen and oxygen atoms in total. The maximum absolute atomic E-state index is 14.3. The van der Waals surface area contributed by atoms with E-state index in [0.29, 0.717) is 4.68 Å². The van der Waals surface area contributed by atoms with Gasteiger partial charge in [-0.15, -0.1) is 5.10 Å². The molecule has 1 aromatic heterocycles. The average molecular weight is 383 g/mol. The Kier molecular flexibility index (Phi) is 5.24. The van der Waals surface area contributed by atoms with Crippen LogP contribution in [0, 0.1) is 12.7 Å². The van der Waals surface area contributed by atoms with Crippen molar-refractivity contribution < 1.29 is 23.1 Å². The molecule has 0 N–H and O–H groups in total. The van der Waals surface area contributed by atoms with Gasteiger partial charge in [0, 0.05) is 5.97 Å². The van der Waals surface area contributed by atoms with Gasteiger partial charge in [0.2, 0.25) is 0 Å². The number of halogens is 5. The third kappa shape index (κ3) is 3.27. The number of aryl methyl sites for hydroxylation is 2. The molecule has 2 aromatic rings. The van der Waals surface area contributed by atoms with Crippen molar-refractivity contribution in [3.05, 3.63) is 43.8 Å². The van der Waals surface area contributed by atoms with E-state index in [1.807, 2.05) is 0 Å². The Bertz CT molecular complexity index is 864. The summed E-state index contributed by atoms with van der Waals surface area (Å²) in [5.41, 5.74) is -1.67. The van der Waals surface area contributed by atoms with Crippen LogP contribution in [-0.4, -0.2) is 20.3 Å². The summed E-state index contributed by atoms with van der Waals surface area (Å²) in [4.78, 5) is 22.5. The van der Waals surface area contributed by atoms with Gasteiger partial charge in [-0.1, -0.05) is 23.2 Å². The second-order valence-electron chi connectivity index (χ2n) is 4.76. The molecular weight excluding hydrogens is 374 g/mol. The lowest BCUT2D eigenvalue weighted by molar-refractivity contribution is -0.305. The normalized spacial score (nSPS) is 11.3. The van der Waals surface area contributed by atoms with Gasteiger partial charge >= 0.3 is 12.2 Å². The monoisotopic (exact) mass is 382 g/mol. The molecule has 1 heterocycles. The number of aromatic nitrogens is 3. The summed E-state index contributed by atoms with van der Waals surface area (Å²) in [5, 5.41) is 13.3. The van der Waals surface area contributed by atoms with E-state index in [9.17, 15) is 27.9 Å². The highest BCUT2D eigenvalue weighted by Gasteiger charge is 2.23. The Morgan fingerprint density at radius 1 is 1.38 bits per heavy atom. The average Bonchev–Trinajstić information content (AvgIpc) is 2.79. The summed E-state index contributed by atoms with van der Waals surface area (Å²) < 4.78 is 40.5. The fourth-order valence-electron chi connectivity index (χ4n) is 2.07. The lowest BCUT2D eigenvalue weighted by atomic mass is 10.1. The van der Waals surface area contributed by atoms with Crippen molar-refractivity contribution in [3.8, 4) is 5.69 Å². The molecule has 0 radical (unpaired) electrons. The molecule has 0 fully saturated rings. The van der Waals surface area contributed by atoms with Gasteiger partial charge in [0.15, 0.2) is 5.82 Å². The Morgan fingerprint density at radius 3 is 2.50 bits per heavy atom. The van der Waals surface area contributed by atoms with Crippen molar-refractivity contribution in [1.82, 2.24) is 14.3 Å². The molecule has 2 rings (SSSR count). The molecule has 0 saturated carbocycles. The number of benzene rings is 1. The lowest BCUT2D eigenvalue weighted by Crippen LogP contribution is -2.25. The van der Waals surface area contributed by atoms with Crippen molar-refractivity contribution in [2.45, 2.75) is 26.3 Å². The van der Waals surface area contributed by atoms with Gasteiger partial charge in [0.05, 0.1) is 10.0 Å². The predicted octanol–water partition coefficient (Wildman–Crippen LogP) is 1.87. The van der Waals surface area contributed by atoms with Crippen LogP contribution in [0.15, 0.2) is 10.9 Å². The maximum atomic E-state index is 14.3. The predicted molar refractivity (Wildman–Crippen MR) is 77.1 cm³/mol. The number of nitrogens with zero attached hydrogens (tertiary/aromatic N) is 3. The minimum atomic E-state index is -3.16. The first kappa shape index (κ1) is 18.3. The summed E-state index contributed by atoms with van der Waals surface area (Å²) in [6.07, 6.45) is -0.585. The van der Waals surface area contributed by atoms with Crippen LogP contribution in [-0.2, 0) is 11.2 Å². The van der Waals surface area contributed by atoms with Crippen LogP contribution < -0.4 is 10.8 Å². The summed E-state index contributed by atoms with van der Waals surface area (Å²) >= 11 is 11.6. The van der Waals surface area contributed by atoms with E-state index in [2.05, 4.69) is 5.10 Å². The molecule has 0 unspecified atom stereocenters. The number of carbonyl (C=O) groups is 1. The quantitative estimate of drug-likeness (QED) is 0.739. The maximum Gasteiger partial charge on any atom is 0.355 e. The topological polar surface area (TPSA) is 80.0 Å². The van der Waals surface area contributed by atoms with Gasteiger partial charge in [-0.05, 0) is 31.4 Å². The standard InChI is InChI=1S/C13H10Cl2F3N3O3/c1-5-19-21(13(24)20(5)12(17)18)7-4-6(2-3-8(22)23)9(14)10(15)11(7)16/h4,12H,2-3H2,1H3,(H,22,23)/p-1. The molecule has 0 aliphatic heterocycles. The zero-order valence-electron chi connectivity index (χ0n) is 12.0. The Balaban J connectivity index is 2.65. The van der Waals surface area contributed by atoms with Crippen LogP contribution in [0.25, 0.3) is 5.69 Å². The van der Waals surface area contributed by atoms with Gasteiger partial charge in [-0.2, -0.15) is 13.5 Å². The third-order valence-electron chi connectivity index (χ3n) is 3.21. The number of carboxylic acid groups (broad SMARTS) is 1. The number of carbonyl (C=O) groups excluding carboxylic acids is 1. The van der Waals surface area contributed by atoms with Gasteiger partial charge < -0.3 is 9.90 Å². The largest absolute Gasteiger partial charge is 0.550 e. The van der Waals surface area contributed by atoms with Gasteiger partial charge in [0.25, 0.3) is 0 Å². The van der Waals surface area contributed by atoms with Crippen LogP contribution in [0.1, 0.15) is 24.4 Å². The lowest BCUT2D eigenvalue weighted by Gasteiger charge is -2.11. The van der Waals surface area contributed by atoms with Crippen molar-refractivity contribution in [2.75, 3.05) is 0 Å². The van der Waals surface area contributed by atoms with Crippen molar-refractivity contribution in [3.63, 3.8) is 0 Å². The summed E-state index contributed by atoms with van der Waals surface area (Å²) in [7, 11) is 0. The second kappa shape index (κ2) is 6.86. The van der Waals surface area contributed by atoms with Crippen molar-refractivity contribution in [2.24, 2.45) is 0 Å². The number of alkyl halides is 2. The van der Waals surface area contributed by atoms with Crippen molar-refractivity contribution in [1.29, 1.82) is 0 Å². The number of hydrogen-bond donors (Lipinski definition) is 0. The third-order valence-corrected chi connectivity index (χ3v) is 4.09. The van der Waals surface area contributed by atoms with E-state index >= 15 is 0 Å². The van der Waals surface area contributed by atoms with Crippen LogP contribution in [0.3, 0.4) is 0 Å². The first-order valence-corrected chi connectivity index (χ1v) is 7.23. The van der Waals surface area contributed by atoms with Crippen LogP contribution in [0.5, 0.6) is 0 Å². The first-order chi connectivity index (χ1) is 11.1. The number of carboxylic acids is 1. The van der Waals surface area contributed by atoms with E-state index in [-0.39, 0.29) is 27.4 Å². The number of rotatable bonds is 5. The van der Waals surface area contributed by atoms with E-state index < -0.39 is 41.2 Å². The highest BCUT2D eigenvalue weighted by Crippen LogP contribution is 2.33. The molecule has 0 amide bonds. The summed E-state index contributed by atoms with van der Waals surface area (Å²) in [6.45, 7) is -2.01. The van der Waals surface area contributed by atoms with Gasteiger partial charge in [0.1, 0.15) is 11.5 Å². The molecule has 130 valence electrons. The van der Waals surface area contributed by atoms with E-state index in [1.165, 1.54) is 0 Å². The molecule has 0 spiro atoms. The number of aliphatic carboxylic acids is 1. The second-order valence-corrected chi connectivity index (χ2v) is 5.51. The molecule has 24 heavy (non-hydrogen) atoms. The number of hydrogen-bond acceptors (Lipinski definition) is 4. The van der Waals surface area contributed by atoms with Crippen LogP contribution in [0.4, 0.5) is 13.2 Å². The summed E-state index contributed by atoms with van der Waals surface area (Å²) in [6, 6.07) is 1.04. The fraction of sp³-hybridized carbons (Fsp3) is 0.308. The first-order valence-electron chi connectivity index (χ1n) is 6.48. The fourth-order valence-corrected chi connectivity index (χ4v) is 2.52. The molecule has 11 heteroatoms. The Hall–Kier alpha value is -2.00. The minimum absolute atomic E-state index is 0.0722. The van der Waals surface area contributed by atoms with Crippen molar-refractivity contribution >= 4 is 29.2 Å². The van der Waals surface area contributed by atoms with Crippen LogP contribution >= 0.6 is 23.2 Å². The Labute approximate surface area is 143 Å². The molecule has 1 aromatic carbocycles. The Morgan fingerprint density at radius 2 is 2.00 bits per heavy atom. The van der Waals surface area contributed by atoms with Gasteiger partial charge in [-0.3, -0.25) is 0 Å². The minimum Gasteiger partial charge on any atom is -0.550 e. The molecule has 0 bridgehead atoms. The highest BCUT2D eigenvalue weighted by molar-refractivity contribution is 6.42. The highest BCUT2D eigenvalue weighted by atomic mass is 35.5. The molecule has 0 aliphatic carbocycles. The molecule has 0 atom stereocenters. The molecule has 0 saturated heterocycles. The van der Waals surface area contributed by atoms with E-state index in [4.69, 9.17) is 23.2 Å². The zero-order chi connectivity index (χ0) is 18.2. The molecular formula is C13H9Cl2F3N3O3-. The molecule has 0 aliphatic rings. The van der Waals surface area contributed by atoms with E-state index in [0.717, 1.165) is 13.0 Å². The van der Waals surface area contributed by atoms with Gasteiger partial charge in [-0.25, -0.2) is 13.8 Å². The van der Waals surface area contributed by atoms with E-state index in [1.54, 1.807) is 0 Å². The van der Waals surface area contributed by atoms with Crippen LogP contribution in [0.2, 0.25) is 10.0 Å². The smallest absolute Gasteiger partial charge is 0.355 e. The SMILES string of the molecule is Cc1nn(-c2cc(CCC(=O)[O-])c(Cl)c(Cl)c2F)c(=O)n1C(F)F.